The molecular weight excluding hydrogens is 282 g/mol. The number of halogens is 1. The highest BCUT2D eigenvalue weighted by atomic mass is 79.9. The summed E-state index contributed by atoms with van der Waals surface area (Å²) in [6, 6.07) is 5.82. The van der Waals surface area contributed by atoms with E-state index in [0.29, 0.717) is 11.9 Å². The van der Waals surface area contributed by atoms with Crippen LogP contribution in [0.4, 0.5) is 5.69 Å². The van der Waals surface area contributed by atoms with Crippen molar-refractivity contribution >= 4 is 27.4 Å². The summed E-state index contributed by atoms with van der Waals surface area (Å²) in [6.45, 7) is 3.37. The lowest BCUT2D eigenvalue weighted by atomic mass is 10.1. The predicted octanol–water partition coefficient (Wildman–Crippen LogP) is 2.01. The quantitative estimate of drug-likeness (QED) is 0.683. The van der Waals surface area contributed by atoms with E-state index in [1.54, 1.807) is 6.92 Å². The molecule has 1 heterocycles. The number of rotatable bonds is 4. The monoisotopic (exact) mass is 297 g/mol. The van der Waals surface area contributed by atoms with Crippen LogP contribution >= 0.6 is 15.9 Å². The Balaban J connectivity index is 2.22. The fourth-order valence-corrected chi connectivity index (χ4v) is 2.55. The van der Waals surface area contributed by atoms with Crippen LogP contribution in [0.25, 0.3) is 0 Å². The zero-order valence-corrected chi connectivity index (χ0v) is 11.4. The van der Waals surface area contributed by atoms with Crippen molar-refractivity contribution in [3.05, 3.63) is 29.3 Å². The highest BCUT2D eigenvalue weighted by Crippen LogP contribution is 2.29. The van der Waals surface area contributed by atoms with Crippen LogP contribution in [-0.4, -0.2) is 35.4 Å². The highest BCUT2D eigenvalue weighted by Gasteiger charge is 2.21. The first-order valence-corrected chi connectivity index (χ1v) is 6.89. The topological polar surface area (TPSA) is 40.5 Å². The number of β-amino-alcohol motifs (C(OH)–C–C–N with tert-alkyl or cyclic N) is 1. The average Bonchev–Trinajstić information content (AvgIpc) is 2.70. The minimum absolute atomic E-state index is 0.113. The van der Waals surface area contributed by atoms with Crippen molar-refractivity contribution in [1.82, 2.24) is 0 Å². The number of hydrogen-bond acceptors (Lipinski definition) is 3. The normalized spacial score (nSPS) is 15.8. The Morgan fingerprint density at radius 2 is 2.35 bits per heavy atom. The molecule has 0 saturated carbocycles. The van der Waals surface area contributed by atoms with Crippen molar-refractivity contribution in [1.29, 1.82) is 0 Å². The molecule has 1 N–H and O–H groups in total. The Bertz CT molecular complexity index is 431. The van der Waals surface area contributed by atoms with Gasteiger partial charge in [0.1, 0.15) is 0 Å². The van der Waals surface area contributed by atoms with Gasteiger partial charge in [0, 0.05) is 24.3 Å². The van der Waals surface area contributed by atoms with Gasteiger partial charge >= 0.3 is 0 Å². The lowest BCUT2D eigenvalue weighted by Crippen LogP contribution is -2.29. The molecule has 0 bridgehead atoms. The van der Waals surface area contributed by atoms with E-state index in [2.05, 4.69) is 20.8 Å². The third-order valence-electron chi connectivity index (χ3n) is 3.00. The van der Waals surface area contributed by atoms with Crippen LogP contribution in [0.3, 0.4) is 0 Å². The number of aliphatic hydroxyl groups is 1. The van der Waals surface area contributed by atoms with Crippen LogP contribution in [0.5, 0.6) is 0 Å². The third-order valence-corrected chi connectivity index (χ3v) is 3.51. The molecule has 0 saturated heterocycles. The lowest BCUT2D eigenvalue weighted by molar-refractivity contribution is 0.102. The summed E-state index contributed by atoms with van der Waals surface area (Å²) in [5.41, 5.74) is 3.12. The molecule has 1 aliphatic heterocycles. The van der Waals surface area contributed by atoms with Gasteiger partial charge in [-0.1, -0.05) is 15.9 Å². The minimum Gasteiger partial charge on any atom is -0.392 e. The van der Waals surface area contributed by atoms with Gasteiger partial charge in [-0.25, -0.2) is 0 Å². The van der Waals surface area contributed by atoms with Gasteiger partial charge in [0.05, 0.1) is 11.4 Å². The summed E-state index contributed by atoms with van der Waals surface area (Å²) < 4.78 is 0. The van der Waals surface area contributed by atoms with Gasteiger partial charge in [-0.15, -0.1) is 0 Å². The number of ketones is 1. The van der Waals surface area contributed by atoms with E-state index in [1.807, 2.05) is 18.2 Å². The molecule has 0 amide bonds. The molecule has 2 rings (SSSR count). The first-order valence-electron chi connectivity index (χ1n) is 5.77. The molecule has 17 heavy (non-hydrogen) atoms. The molecule has 1 aromatic carbocycles. The van der Waals surface area contributed by atoms with Gasteiger partial charge in [-0.05, 0) is 37.1 Å². The third kappa shape index (κ3) is 2.69. The number of aliphatic hydroxyl groups excluding tert-OH is 1. The lowest BCUT2D eigenvalue weighted by Gasteiger charge is -2.20. The van der Waals surface area contributed by atoms with Crippen LogP contribution in [0.2, 0.25) is 0 Å². The smallest absolute Gasteiger partial charge is 0.173 e. The molecule has 0 aliphatic carbocycles. The van der Waals surface area contributed by atoms with E-state index < -0.39 is 0 Å². The van der Waals surface area contributed by atoms with Crippen molar-refractivity contribution < 1.29 is 9.90 Å². The number of Topliss-reactive ketones (excluding diaryl/α,β-unsaturated/α-hetero) is 1. The number of anilines is 1. The first kappa shape index (κ1) is 12.6. The molecule has 1 atom stereocenters. The predicted molar refractivity (Wildman–Crippen MR) is 72.2 cm³/mol. The Morgan fingerprint density at radius 1 is 1.59 bits per heavy atom. The summed E-state index contributed by atoms with van der Waals surface area (Å²) in [7, 11) is 0. The molecule has 1 aromatic rings. The molecule has 1 unspecified atom stereocenters. The Labute approximate surface area is 110 Å². The van der Waals surface area contributed by atoms with Gasteiger partial charge in [-0.3, -0.25) is 4.79 Å². The molecule has 4 heteroatoms. The minimum atomic E-state index is -0.329. The standard InChI is InChI=1S/C13H16BrNO2/c1-9(16)8-15-5-4-10-6-11(13(17)7-14)2-3-12(10)15/h2-3,6,9,16H,4-5,7-8H2,1H3. The molecule has 1 aliphatic rings. The number of nitrogens with zero attached hydrogens (tertiary/aromatic N) is 1. The Morgan fingerprint density at radius 3 is 3.00 bits per heavy atom. The summed E-state index contributed by atoms with van der Waals surface area (Å²) in [6.07, 6.45) is 0.621. The summed E-state index contributed by atoms with van der Waals surface area (Å²) in [4.78, 5) is 13.7. The van der Waals surface area contributed by atoms with Gasteiger partial charge in [0.25, 0.3) is 0 Å². The second kappa shape index (κ2) is 5.19. The Hall–Kier alpha value is -0.870. The van der Waals surface area contributed by atoms with Gasteiger partial charge in [-0.2, -0.15) is 0 Å². The fourth-order valence-electron chi connectivity index (χ4n) is 2.23. The second-order valence-electron chi connectivity index (χ2n) is 4.45. The number of fused-ring (bicyclic) bond motifs is 1. The van der Waals surface area contributed by atoms with E-state index in [-0.39, 0.29) is 11.9 Å². The number of hydrogen-bond donors (Lipinski definition) is 1. The van der Waals surface area contributed by atoms with Crippen molar-refractivity contribution in [3.63, 3.8) is 0 Å². The average molecular weight is 298 g/mol. The maximum Gasteiger partial charge on any atom is 0.173 e. The van der Waals surface area contributed by atoms with Crippen LogP contribution < -0.4 is 4.90 Å². The molecule has 0 radical (unpaired) electrons. The first-order chi connectivity index (χ1) is 8.11. The highest BCUT2D eigenvalue weighted by molar-refractivity contribution is 9.09. The van der Waals surface area contributed by atoms with E-state index in [9.17, 15) is 9.90 Å². The molecule has 0 spiro atoms. The van der Waals surface area contributed by atoms with Gasteiger partial charge < -0.3 is 10.0 Å². The molecule has 92 valence electrons. The van der Waals surface area contributed by atoms with E-state index in [4.69, 9.17) is 0 Å². The number of benzene rings is 1. The van der Waals surface area contributed by atoms with E-state index in [0.717, 1.165) is 24.2 Å². The van der Waals surface area contributed by atoms with Crippen molar-refractivity contribution in [3.8, 4) is 0 Å². The zero-order chi connectivity index (χ0) is 12.4. The molecular formula is C13H16BrNO2. The van der Waals surface area contributed by atoms with Crippen molar-refractivity contribution in [2.24, 2.45) is 0 Å². The number of carbonyl (C=O) groups is 1. The largest absolute Gasteiger partial charge is 0.392 e. The molecule has 3 nitrogen and oxygen atoms in total. The van der Waals surface area contributed by atoms with Gasteiger partial charge in [0.15, 0.2) is 5.78 Å². The maximum atomic E-state index is 11.6. The number of carbonyl (C=O) groups excluding carboxylic acids is 1. The fraction of sp³-hybridized carbons (Fsp3) is 0.462. The van der Waals surface area contributed by atoms with Crippen LogP contribution in [0, 0.1) is 0 Å². The molecule has 0 aromatic heterocycles. The van der Waals surface area contributed by atoms with Crippen molar-refractivity contribution in [2.45, 2.75) is 19.4 Å². The van der Waals surface area contributed by atoms with Crippen molar-refractivity contribution in [2.75, 3.05) is 23.3 Å². The van der Waals surface area contributed by atoms with Crippen LogP contribution in [0.15, 0.2) is 18.2 Å². The molecule has 0 fully saturated rings. The summed E-state index contributed by atoms with van der Waals surface area (Å²) in [5.74, 6) is 0.113. The SMILES string of the molecule is CC(O)CN1CCc2cc(C(=O)CBr)ccc21. The van der Waals surface area contributed by atoms with Gasteiger partial charge in [0.2, 0.25) is 0 Å². The van der Waals surface area contributed by atoms with E-state index >= 15 is 0 Å². The van der Waals surface area contributed by atoms with E-state index in [1.165, 1.54) is 5.56 Å². The summed E-state index contributed by atoms with van der Waals surface area (Å²) >= 11 is 3.18. The Kier molecular flexibility index (Phi) is 3.84. The second-order valence-corrected chi connectivity index (χ2v) is 5.01. The number of alkyl halides is 1. The zero-order valence-electron chi connectivity index (χ0n) is 9.82. The van der Waals surface area contributed by atoms with Crippen LogP contribution in [0.1, 0.15) is 22.8 Å². The maximum absolute atomic E-state index is 11.6. The van der Waals surface area contributed by atoms with Crippen LogP contribution in [-0.2, 0) is 6.42 Å². The summed E-state index contributed by atoms with van der Waals surface area (Å²) in [5, 5.41) is 9.78.